The molecule has 1 heterocycles. The quantitative estimate of drug-likeness (QED) is 0.920. The van der Waals surface area contributed by atoms with E-state index in [9.17, 15) is 0 Å². The Balaban J connectivity index is 1.94. The van der Waals surface area contributed by atoms with Crippen LogP contribution in [0.1, 0.15) is 37.3 Å². The molecule has 1 saturated heterocycles. The smallest absolute Gasteiger partial charge is 0.0594 e. The number of benzene rings is 1. The Bertz CT molecular complexity index is 497. The van der Waals surface area contributed by atoms with Gasteiger partial charge in [0.2, 0.25) is 0 Å². The van der Waals surface area contributed by atoms with Gasteiger partial charge in [-0.05, 0) is 36.6 Å². The molecule has 0 spiro atoms. The van der Waals surface area contributed by atoms with E-state index in [0.29, 0.717) is 10.0 Å². The summed E-state index contributed by atoms with van der Waals surface area (Å²) in [6.07, 6.45) is 4.69. The Labute approximate surface area is 136 Å². The SMILES string of the molecule is NC(c1cc(Cl)ccc1Cl)C1(N2CCOCC2)CCCC1. The summed E-state index contributed by atoms with van der Waals surface area (Å²) in [5, 5.41) is 1.41. The van der Waals surface area contributed by atoms with Gasteiger partial charge in [-0.15, -0.1) is 0 Å². The molecule has 0 amide bonds. The highest BCUT2D eigenvalue weighted by Crippen LogP contribution is 2.45. The Kier molecular flexibility index (Phi) is 4.77. The van der Waals surface area contributed by atoms with Crippen LogP contribution in [0.25, 0.3) is 0 Å². The topological polar surface area (TPSA) is 38.5 Å². The van der Waals surface area contributed by atoms with Crippen molar-refractivity contribution in [1.29, 1.82) is 0 Å². The van der Waals surface area contributed by atoms with Crippen LogP contribution in [0.2, 0.25) is 10.0 Å². The van der Waals surface area contributed by atoms with Crippen LogP contribution in [0.5, 0.6) is 0 Å². The van der Waals surface area contributed by atoms with E-state index in [-0.39, 0.29) is 11.6 Å². The summed E-state index contributed by atoms with van der Waals surface area (Å²) < 4.78 is 5.50. The zero-order chi connectivity index (χ0) is 14.9. The molecule has 0 bridgehead atoms. The predicted octanol–water partition coefficient (Wildman–Crippen LogP) is 3.64. The second-order valence-corrected chi connectivity index (χ2v) is 6.90. The van der Waals surface area contributed by atoms with Gasteiger partial charge in [-0.25, -0.2) is 0 Å². The number of nitrogens with two attached hydrogens (primary N) is 1. The van der Waals surface area contributed by atoms with Gasteiger partial charge in [-0.3, -0.25) is 4.90 Å². The molecule has 5 heteroatoms. The van der Waals surface area contributed by atoms with Crippen molar-refractivity contribution in [2.24, 2.45) is 5.73 Å². The number of nitrogens with zero attached hydrogens (tertiary/aromatic N) is 1. The normalized spacial score (nSPS) is 24.1. The zero-order valence-corrected chi connectivity index (χ0v) is 13.7. The van der Waals surface area contributed by atoms with Crippen LogP contribution in [0.15, 0.2) is 18.2 Å². The van der Waals surface area contributed by atoms with Crippen LogP contribution < -0.4 is 5.73 Å². The predicted molar refractivity (Wildman–Crippen MR) is 87.0 cm³/mol. The molecule has 2 aliphatic rings. The molecule has 1 aliphatic heterocycles. The van der Waals surface area contributed by atoms with E-state index in [0.717, 1.165) is 44.7 Å². The second-order valence-electron chi connectivity index (χ2n) is 6.05. The minimum absolute atomic E-state index is 0.00188. The van der Waals surface area contributed by atoms with Crippen molar-refractivity contribution < 1.29 is 4.74 Å². The lowest BCUT2D eigenvalue weighted by molar-refractivity contribution is -0.0311. The Hall–Kier alpha value is -0.320. The maximum absolute atomic E-state index is 6.71. The van der Waals surface area contributed by atoms with Gasteiger partial charge < -0.3 is 10.5 Å². The van der Waals surface area contributed by atoms with Crippen molar-refractivity contribution in [3.05, 3.63) is 33.8 Å². The molecule has 0 aromatic heterocycles. The number of hydrogen-bond donors (Lipinski definition) is 1. The second kappa shape index (κ2) is 6.43. The van der Waals surface area contributed by atoms with Crippen LogP contribution in [-0.2, 0) is 4.74 Å². The van der Waals surface area contributed by atoms with Gasteiger partial charge in [-0.2, -0.15) is 0 Å². The van der Waals surface area contributed by atoms with Gasteiger partial charge in [0.25, 0.3) is 0 Å². The first-order valence-electron chi connectivity index (χ1n) is 7.67. The summed E-state index contributed by atoms with van der Waals surface area (Å²) in [4.78, 5) is 2.52. The minimum Gasteiger partial charge on any atom is -0.379 e. The molecule has 1 aliphatic carbocycles. The molecule has 1 saturated carbocycles. The zero-order valence-electron chi connectivity index (χ0n) is 12.2. The maximum Gasteiger partial charge on any atom is 0.0594 e. The molecule has 3 nitrogen and oxygen atoms in total. The van der Waals surface area contributed by atoms with Gasteiger partial charge in [-0.1, -0.05) is 36.0 Å². The molecule has 2 fully saturated rings. The summed E-state index contributed by atoms with van der Waals surface area (Å²) in [5.74, 6) is 0. The molecule has 21 heavy (non-hydrogen) atoms. The van der Waals surface area contributed by atoms with Gasteiger partial charge in [0.15, 0.2) is 0 Å². The van der Waals surface area contributed by atoms with E-state index in [2.05, 4.69) is 4.90 Å². The number of ether oxygens (including phenoxy) is 1. The standard InChI is InChI=1S/C16H22Cl2N2O/c17-12-3-4-14(18)13(11-12)15(19)16(5-1-2-6-16)20-7-9-21-10-8-20/h3-4,11,15H,1-2,5-10,19H2. The van der Waals surface area contributed by atoms with Gasteiger partial charge in [0, 0.05) is 34.7 Å². The molecule has 1 aromatic carbocycles. The van der Waals surface area contributed by atoms with Crippen molar-refractivity contribution >= 4 is 23.2 Å². The Morgan fingerprint density at radius 2 is 1.81 bits per heavy atom. The average Bonchev–Trinajstić information content (AvgIpc) is 3.01. The first-order chi connectivity index (χ1) is 10.1. The fraction of sp³-hybridized carbons (Fsp3) is 0.625. The molecular formula is C16H22Cl2N2O. The van der Waals surface area contributed by atoms with Crippen molar-refractivity contribution in [3.8, 4) is 0 Å². The van der Waals surface area contributed by atoms with E-state index in [1.54, 1.807) is 0 Å². The van der Waals surface area contributed by atoms with E-state index >= 15 is 0 Å². The van der Waals surface area contributed by atoms with E-state index < -0.39 is 0 Å². The van der Waals surface area contributed by atoms with Crippen LogP contribution in [-0.4, -0.2) is 36.7 Å². The summed E-state index contributed by atoms with van der Waals surface area (Å²) in [6.45, 7) is 3.48. The maximum atomic E-state index is 6.71. The number of halogens is 2. The van der Waals surface area contributed by atoms with Crippen molar-refractivity contribution in [2.45, 2.75) is 37.3 Å². The van der Waals surface area contributed by atoms with E-state index in [1.165, 1.54) is 12.8 Å². The largest absolute Gasteiger partial charge is 0.379 e. The highest BCUT2D eigenvalue weighted by molar-refractivity contribution is 6.33. The number of hydrogen-bond acceptors (Lipinski definition) is 3. The minimum atomic E-state index is -0.107. The van der Waals surface area contributed by atoms with Crippen LogP contribution in [0, 0.1) is 0 Å². The lowest BCUT2D eigenvalue weighted by Gasteiger charge is -2.47. The highest BCUT2D eigenvalue weighted by atomic mass is 35.5. The van der Waals surface area contributed by atoms with Gasteiger partial charge in [0.05, 0.1) is 13.2 Å². The van der Waals surface area contributed by atoms with Crippen LogP contribution in [0.3, 0.4) is 0 Å². The Morgan fingerprint density at radius 1 is 1.14 bits per heavy atom. The molecule has 1 aromatic rings. The molecule has 3 rings (SSSR count). The molecular weight excluding hydrogens is 307 g/mol. The number of morpholine rings is 1. The monoisotopic (exact) mass is 328 g/mol. The first kappa shape index (κ1) is 15.6. The van der Waals surface area contributed by atoms with Crippen molar-refractivity contribution in [1.82, 2.24) is 4.90 Å². The summed E-state index contributed by atoms with van der Waals surface area (Å²) in [5.41, 5.74) is 7.68. The third-order valence-corrected chi connectivity index (χ3v) is 5.56. The summed E-state index contributed by atoms with van der Waals surface area (Å²) in [6, 6.07) is 5.48. The van der Waals surface area contributed by atoms with Crippen LogP contribution in [0.4, 0.5) is 0 Å². The van der Waals surface area contributed by atoms with E-state index in [4.69, 9.17) is 33.7 Å². The fourth-order valence-electron chi connectivity index (χ4n) is 3.86. The van der Waals surface area contributed by atoms with Gasteiger partial charge >= 0.3 is 0 Å². The molecule has 1 unspecified atom stereocenters. The first-order valence-corrected chi connectivity index (χ1v) is 8.42. The van der Waals surface area contributed by atoms with Crippen molar-refractivity contribution in [3.63, 3.8) is 0 Å². The summed E-state index contributed by atoms with van der Waals surface area (Å²) in [7, 11) is 0. The third-order valence-electron chi connectivity index (χ3n) is 4.98. The number of rotatable bonds is 3. The molecule has 1 atom stereocenters. The van der Waals surface area contributed by atoms with Gasteiger partial charge in [0.1, 0.15) is 0 Å². The highest BCUT2D eigenvalue weighted by Gasteiger charge is 2.45. The van der Waals surface area contributed by atoms with Crippen LogP contribution >= 0.6 is 23.2 Å². The van der Waals surface area contributed by atoms with Crippen molar-refractivity contribution in [2.75, 3.05) is 26.3 Å². The fourth-order valence-corrected chi connectivity index (χ4v) is 4.28. The molecule has 0 radical (unpaired) electrons. The lowest BCUT2D eigenvalue weighted by atomic mass is 9.82. The molecule has 116 valence electrons. The summed E-state index contributed by atoms with van der Waals surface area (Å²) >= 11 is 12.5. The third kappa shape index (κ3) is 2.95. The Morgan fingerprint density at radius 3 is 2.48 bits per heavy atom. The average molecular weight is 329 g/mol. The lowest BCUT2D eigenvalue weighted by Crippen LogP contribution is -2.57. The van der Waals surface area contributed by atoms with E-state index in [1.807, 2.05) is 18.2 Å². The molecule has 2 N–H and O–H groups in total.